The monoisotopic (exact) mass is 568 g/mol. The zero-order chi connectivity index (χ0) is 28.6. The van der Waals surface area contributed by atoms with Gasteiger partial charge in [-0.15, -0.1) is 0 Å². The lowest BCUT2D eigenvalue weighted by molar-refractivity contribution is 0.0254. The predicted molar refractivity (Wildman–Crippen MR) is 155 cm³/mol. The van der Waals surface area contributed by atoms with Gasteiger partial charge in [0.25, 0.3) is 0 Å². The largest absolute Gasteiger partial charge is 0.489 e. The molecule has 2 aromatic carbocycles. The van der Waals surface area contributed by atoms with Crippen LogP contribution < -0.4 is 10.1 Å². The number of hydrogen-bond acceptors (Lipinski definition) is 8. The molecule has 2 atom stereocenters. The van der Waals surface area contributed by atoms with Gasteiger partial charge in [0.15, 0.2) is 5.58 Å². The van der Waals surface area contributed by atoms with E-state index in [9.17, 15) is 10.4 Å². The van der Waals surface area contributed by atoms with Crippen molar-refractivity contribution in [3.05, 3.63) is 71.7 Å². The van der Waals surface area contributed by atoms with Crippen LogP contribution in [0.25, 0.3) is 33.6 Å². The number of rotatable bonds is 7. The minimum atomic E-state index is -0.948. The van der Waals surface area contributed by atoms with Crippen LogP contribution in [0.4, 0.5) is 4.39 Å². The van der Waals surface area contributed by atoms with Gasteiger partial charge in [-0.2, -0.15) is 5.26 Å². The van der Waals surface area contributed by atoms with Crippen LogP contribution in [0, 0.1) is 23.1 Å². The molecule has 4 saturated heterocycles. The second kappa shape index (κ2) is 11.5. The normalized spacial score (nSPS) is 23.1. The first-order valence-corrected chi connectivity index (χ1v) is 14.7. The van der Waals surface area contributed by atoms with Crippen LogP contribution in [0.2, 0.25) is 0 Å². The number of aliphatic hydroxyl groups excluding tert-OH is 1. The molecule has 8 nitrogen and oxygen atoms in total. The van der Waals surface area contributed by atoms with Gasteiger partial charge in [0.05, 0.1) is 24.3 Å². The molecular weight excluding hydrogens is 535 g/mol. The Morgan fingerprint density at radius 2 is 1.88 bits per heavy atom. The molecule has 4 fully saturated rings. The lowest BCUT2D eigenvalue weighted by Gasteiger charge is -2.45. The van der Waals surface area contributed by atoms with Crippen molar-refractivity contribution < 1.29 is 23.4 Å². The quantitative estimate of drug-likeness (QED) is 0.286. The summed E-state index contributed by atoms with van der Waals surface area (Å²) >= 11 is 0. The molecule has 0 radical (unpaired) electrons. The van der Waals surface area contributed by atoms with Gasteiger partial charge < -0.3 is 23.9 Å². The summed E-state index contributed by atoms with van der Waals surface area (Å²) in [4.78, 5) is 6.85. The number of aliphatic hydroxyl groups is 1. The molecule has 2 unspecified atom stereocenters. The van der Waals surface area contributed by atoms with Gasteiger partial charge in [-0.3, -0.25) is 10.3 Å². The first-order valence-electron chi connectivity index (χ1n) is 14.7. The molecule has 0 aliphatic carbocycles. The van der Waals surface area contributed by atoms with E-state index in [0.29, 0.717) is 52.9 Å². The molecule has 2 aromatic heterocycles. The maximum atomic E-state index is 15.4. The Bertz CT molecular complexity index is 1640. The van der Waals surface area contributed by atoms with Gasteiger partial charge in [-0.05, 0) is 73.3 Å². The number of halogens is 1. The summed E-state index contributed by atoms with van der Waals surface area (Å²) in [5.74, 6) is 0.954. The van der Waals surface area contributed by atoms with E-state index in [2.05, 4.69) is 21.3 Å². The Morgan fingerprint density at radius 3 is 2.62 bits per heavy atom. The lowest BCUT2D eigenvalue weighted by atomic mass is 9.84. The topological polar surface area (TPSA) is 104 Å². The number of hydrogen-bond donors (Lipinski definition) is 2. The average molecular weight is 569 g/mol. The van der Waals surface area contributed by atoms with Gasteiger partial charge in [0, 0.05) is 43.3 Å². The van der Waals surface area contributed by atoms with Crippen LogP contribution in [0.5, 0.6) is 5.75 Å². The SMILES string of the molecule is N#Cc1cc(-c2ccnc3cc(-c4ccc(C(O)NC5CN6CCC5CC6)cc4F)oc23)ccc1OC1CCOCC1. The van der Waals surface area contributed by atoms with Crippen molar-refractivity contribution in [2.75, 3.05) is 32.8 Å². The Balaban J connectivity index is 1.13. The van der Waals surface area contributed by atoms with Gasteiger partial charge in [0.2, 0.25) is 0 Å². The number of aromatic nitrogens is 1. The van der Waals surface area contributed by atoms with Crippen molar-refractivity contribution in [3.8, 4) is 34.3 Å². The number of piperidine rings is 3. The highest BCUT2D eigenvalue weighted by molar-refractivity contribution is 5.92. The molecule has 0 saturated carbocycles. The fraction of sp³-hybridized carbons (Fsp3) is 0.394. The molecule has 42 heavy (non-hydrogen) atoms. The highest BCUT2D eigenvalue weighted by Crippen LogP contribution is 2.37. The van der Waals surface area contributed by atoms with E-state index in [1.54, 1.807) is 30.5 Å². The predicted octanol–water partition coefficient (Wildman–Crippen LogP) is 5.41. The summed E-state index contributed by atoms with van der Waals surface area (Å²) in [5, 5.41) is 24.0. The van der Waals surface area contributed by atoms with Gasteiger partial charge >= 0.3 is 0 Å². The van der Waals surface area contributed by atoms with Gasteiger partial charge in [-0.1, -0.05) is 12.1 Å². The van der Waals surface area contributed by atoms with Crippen molar-refractivity contribution in [1.29, 1.82) is 5.26 Å². The summed E-state index contributed by atoms with van der Waals surface area (Å²) < 4.78 is 33.1. The fourth-order valence-electron chi connectivity index (χ4n) is 6.51. The van der Waals surface area contributed by atoms with Crippen LogP contribution in [0.1, 0.15) is 43.0 Å². The van der Waals surface area contributed by atoms with E-state index in [4.69, 9.17) is 13.9 Å². The van der Waals surface area contributed by atoms with Crippen molar-refractivity contribution in [2.45, 2.75) is 44.1 Å². The second-order valence-electron chi connectivity index (χ2n) is 11.5. The van der Waals surface area contributed by atoms with E-state index in [-0.39, 0.29) is 17.7 Å². The van der Waals surface area contributed by atoms with Crippen LogP contribution in [-0.2, 0) is 4.74 Å². The Kier molecular flexibility index (Phi) is 7.38. The number of nitriles is 1. The number of nitrogens with one attached hydrogen (secondary N) is 1. The number of ether oxygens (including phenoxy) is 2. The number of furan rings is 1. The minimum absolute atomic E-state index is 0.0236. The first-order chi connectivity index (χ1) is 20.6. The van der Waals surface area contributed by atoms with Crippen LogP contribution in [0.15, 0.2) is 59.1 Å². The molecule has 6 heterocycles. The van der Waals surface area contributed by atoms with E-state index >= 15 is 4.39 Å². The number of benzene rings is 2. The molecular formula is C33H33FN4O4. The molecule has 2 N–H and O–H groups in total. The molecule has 2 bridgehead atoms. The third-order valence-corrected chi connectivity index (χ3v) is 8.89. The molecule has 8 rings (SSSR count). The summed E-state index contributed by atoms with van der Waals surface area (Å²) in [6, 6.07) is 16.2. The zero-order valence-corrected chi connectivity index (χ0v) is 23.3. The zero-order valence-electron chi connectivity index (χ0n) is 23.3. The maximum absolute atomic E-state index is 15.4. The summed E-state index contributed by atoms with van der Waals surface area (Å²) in [5.41, 5.74) is 3.80. The fourth-order valence-corrected chi connectivity index (χ4v) is 6.51. The second-order valence-corrected chi connectivity index (χ2v) is 11.5. The molecule has 4 aromatic rings. The molecule has 4 aliphatic heterocycles. The van der Waals surface area contributed by atoms with Crippen molar-refractivity contribution in [1.82, 2.24) is 15.2 Å². The smallest absolute Gasteiger partial charge is 0.161 e. The van der Waals surface area contributed by atoms with E-state index in [1.807, 2.05) is 18.2 Å². The summed E-state index contributed by atoms with van der Waals surface area (Å²) in [7, 11) is 0. The highest BCUT2D eigenvalue weighted by Gasteiger charge is 2.35. The molecule has 9 heteroatoms. The van der Waals surface area contributed by atoms with Crippen LogP contribution >= 0.6 is 0 Å². The van der Waals surface area contributed by atoms with E-state index in [1.165, 1.54) is 6.07 Å². The Morgan fingerprint density at radius 1 is 1.05 bits per heavy atom. The van der Waals surface area contributed by atoms with Crippen molar-refractivity contribution in [2.24, 2.45) is 5.92 Å². The number of pyridine rings is 1. The van der Waals surface area contributed by atoms with Crippen molar-refractivity contribution in [3.63, 3.8) is 0 Å². The van der Waals surface area contributed by atoms with E-state index < -0.39 is 12.0 Å². The van der Waals surface area contributed by atoms with Crippen LogP contribution in [-0.4, -0.2) is 60.0 Å². The Labute approximate surface area is 243 Å². The first kappa shape index (κ1) is 27.0. The molecule has 4 aliphatic rings. The Hall–Kier alpha value is -3.81. The highest BCUT2D eigenvalue weighted by atomic mass is 19.1. The van der Waals surface area contributed by atoms with Crippen LogP contribution in [0.3, 0.4) is 0 Å². The molecule has 0 amide bonds. The molecule has 0 spiro atoms. The van der Waals surface area contributed by atoms with Gasteiger partial charge in [-0.25, -0.2) is 4.39 Å². The van der Waals surface area contributed by atoms with Crippen molar-refractivity contribution >= 4 is 11.1 Å². The average Bonchev–Trinajstić information content (AvgIpc) is 3.47. The third-order valence-electron chi connectivity index (χ3n) is 8.89. The summed E-state index contributed by atoms with van der Waals surface area (Å²) in [6.07, 6.45) is 4.59. The number of fused-ring (bicyclic) bond motifs is 4. The third kappa shape index (κ3) is 5.27. The minimum Gasteiger partial charge on any atom is -0.489 e. The lowest BCUT2D eigenvalue weighted by Crippen LogP contribution is -2.56. The summed E-state index contributed by atoms with van der Waals surface area (Å²) in [6.45, 7) is 4.46. The number of nitrogens with zero attached hydrogens (tertiary/aromatic N) is 3. The van der Waals surface area contributed by atoms with Gasteiger partial charge in [0.1, 0.15) is 41.2 Å². The molecule has 216 valence electrons. The standard InChI is InChI=1S/C33H33FN4O4/c34-27-16-22(33(39)37-29-19-38-11-6-20(29)7-12-38)1-3-26(27)31-17-28-32(42-31)25(5-10-36-28)21-2-4-30(23(15-21)18-35)41-24-8-13-40-14-9-24/h1-5,10,15-17,20,24,29,33,37,39H,6-9,11-14,19H2. The maximum Gasteiger partial charge on any atom is 0.161 e. The van der Waals surface area contributed by atoms with E-state index in [0.717, 1.165) is 56.4 Å².